The summed E-state index contributed by atoms with van der Waals surface area (Å²) < 4.78 is 0. The van der Waals surface area contributed by atoms with E-state index in [1.165, 1.54) is 12.3 Å². The first kappa shape index (κ1) is 10.7. The summed E-state index contributed by atoms with van der Waals surface area (Å²) in [6, 6.07) is 8.19. The molecule has 0 bridgehead atoms. The number of benzene rings is 1. The molecule has 0 aliphatic carbocycles. The maximum atomic E-state index is 11.7. The third-order valence-electron chi connectivity index (χ3n) is 2.17. The topological polar surface area (TPSA) is 108 Å². The minimum Gasteiger partial charge on any atom is -0.397 e. The summed E-state index contributed by atoms with van der Waals surface area (Å²) in [6.07, 6.45) is 1.48. The fourth-order valence-corrected chi connectivity index (χ4v) is 1.32. The second-order valence-electron chi connectivity index (χ2n) is 3.34. The lowest BCUT2D eigenvalue weighted by Gasteiger charge is -2.06. The number of nitrogens with zero attached hydrogens (tertiary/aromatic N) is 2. The smallest absolute Gasteiger partial charge is 0.273 e. The largest absolute Gasteiger partial charge is 0.397 e. The minimum absolute atomic E-state index is 0.334. The normalized spacial score (nSPS) is 9.59. The van der Waals surface area contributed by atoms with Crippen LogP contribution in [0.15, 0.2) is 30.5 Å². The number of hydrogen-bond donors (Lipinski definition) is 3. The van der Waals surface area contributed by atoms with Crippen molar-refractivity contribution in [3.8, 4) is 6.07 Å². The van der Waals surface area contributed by atoms with Gasteiger partial charge in [-0.25, -0.2) is 0 Å². The Morgan fingerprint density at radius 3 is 2.88 bits per heavy atom. The van der Waals surface area contributed by atoms with Gasteiger partial charge in [-0.15, -0.1) is 0 Å². The highest BCUT2D eigenvalue weighted by molar-refractivity contribution is 6.04. The van der Waals surface area contributed by atoms with E-state index in [0.29, 0.717) is 22.6 Å². The maximum Gasteiger partial charge on any atom is 0.273 e. The molecule has 0 spiro atoms. The van der Waals surface area contributed by atoms with Crippen molar-refractivity contribution in [1.29, 1.82) is 5.26 Å². The Morgan fingerprint density at radius 2 is 2.29 bits per heavy atom. The first-order valence-corrected chi connectivity index (χ1v) is 4.81. The van der Waals surface area contributed by atoms with Crippen LogP contribution in [0, 0.1) is 11.3 Å². The number of aromatic amines is 1. The molecule has 17 heavy (non-hydrogen) atoms. The molecule has 0 atom stereocenters. The van der Waals surface area contributed by atoms with E-state index in [-0.39, 0.29) is 5.91 Å². The van der Waals surface area contributed by atoms with E-state index < -0.39 is 0 Å². The molecule has 4 N–H and O–H groups in total. The number of nitrogen functional groups attached to an aromatic ring is 1. The van der Waals surface area contributed by atoms with E-state index in [2.05, 4.69) is 15.5 Å². The van der Waals surface area contributed by atoms with Gasteiger partial charge in [-0.05, 0) is 24.3 Å². The summed E-state index contributed by atoms with van der Waals surface area (Å²) in [5.41, 5.74) is 7.30. The van der Waals surface area contributed by atoms with Crippen molar-refractivity contribution in [2.75, 3.05) is 11.1 Å². The molecule has 84 valence electrons. The van der Waals surface area contributed by atoms with Gasteiger partial charge in [0.2, 0.25) is 0 Å². The standard InChI is InChI=1S/C11H9N5O/c12-6-7-1-2-9(8(13)5-7)15-11(17)10-3-4-14-16-10/h1-5H,13H2,(H,14,16)(H,15,17). The summed E-state index contributed by atoms with van der Waals surface area (Å²) in [4.78, 5) is 11.7. The maximum absolute atomic E-state index is 11.7. The summed E-state index contributed by atoms with van der Waals surface area (Å²) in [7, 11) is 0. The molecular formula is C11H9N5O. The van der Waals surface area contributed by atoms with Crippen molar-refractivity contribution in [2.24, 2.45) is 0 Å². The van der Waals surface area contributed by atoms with Gasteiger partial charge in [0.1, 0.15) is 5.69 Å². The zero-order valence-electron chi connectivity index (χ0n) is 8.77. The zero-order chi connectivity index (χ0) is 12.3. The van der Waals surface area contributed by atoms with Crippen LogP contribution in [0.1, 0.15) is 16.1 Å². The van der Waals surface area contributed by atoms with Crippen LogP contribution < -0.4 is 11.1 Å². The predicted octanol–water partition coefficient (Wildman–Crippen LogP) is 1.12. The number of nitriles is 1. The summed E-state index contributed by atoms with van der Waals surface area (Å²) in [5, 5.41) is 17.5. The van der Waals surface area contributed by atoms with Gasteiger partial charge in [-0.2, -0.15) is 10.4 Å². The third kappa shape index (κ3) is 2.23. The highest BCUT2D eigenvalue weighted by Gasteiger charge is 2.09. The van der Waals surface area contributed by atoms with Crippen LogP contribution >= 0.6 is 0 Å². The minimum atomic E-state index is -0.334. The van der Waals surface area contributed by atoms with E-state index in [1.807, 2.05) is 6.07 Å². The number of hydrogen-bond acceptors (Lipinski definition) is 4. The molecule has 1 heterocycles. The molecule has 0 saturated carbocycles. The Kier molecular flexibility index (Phi) is 2.75. The Bertz CT molecular complexity index is 582. The molecule has 1 amide bonds. The predicted molar refractivity (Wildman–Crippen MR) is 62.1 cm³/mol. The monoisotopic (exact) mass is 227 g/mol. The van der Waals surface area contributed by atoms with E-state index in [4.69, 9.17) is 11.0 Å². The Hall–Kier alpha value is -2.81. The van der Waals surface area contributed by atoms with Crippen molar-refractivity contribution in [3.63, 3.8) is 0 Å². The van der Waals surface area contributed by atoms with Gasteiger partial charge < -0.3 is 11.1 Å². The number of aromatic nitrogens is 2. The van der Waals surface area contributed by atoms with Gasteiger partial charge in [0, 0.05) is 6.20 Å². The highest BCUT2D eigenvalue weighted by atomic mass is 16.1. The molecule has 2 rings (SSSR count). The lowest BCUT2D eigenvalue weighted by atomic mass is 10.2. The molecular weight excluding hydrogens is 218 g/mol. The first-order valence-electron chi connectivity index (χ1n) is 4.81. The van der Waals surface area contributed by atoms with Gasteiger partial charge in [0.05, 0.1) is 23.0 Å². The molecule has 1 aromatic carbocycles. The van der Waals surface area contributed by atoms with Gasteiger partial charge in [0.25, 0.3) is 5.91 Å². The number of nitrogens with one attached hydrogen (secondary N) is 2. The van der Waals surface area contributed by atoms with E-state index >= 15 is 0 Å². The average Bonchev–Trinajstić information content (AvgIpc) is 2.85. The van der Waals surface area contributed by atoms with Crippen molar-refractivity contribution in [2.45, 2.75) is 0 Å². The molecule has 0 radical (unpaired) electrons. The van der Waals surface area contributed by atoms with Gasteiger partial charge >= 0.3 is 0 Å². The molecule has 6 nitrogen and oxygen atoms in total. The number of carbonyl (C=O) groups excluding carboxylic acids is 1. The van der Waals surface area contributed by atoms with Crippen LogP contribution in [0.4, 0.5) is 11.4 Å². The molecule has 1 aromatic heterocycles. The number of nitrogens with two attached hydrogens (primary N) is 1. The second-order valence-corrected chi connectivity index (χ2v) is 3.34. The van der Waals surface area contributed by atoms with E-state index in [1.54, 1.807) is 18.2 Å². The molecule has 2 aromatic rings. The third-order valence-corrected chi connectivity index (χ3v) is 2.17. The van der Waals surface area contributed by atoms with Gasteiger partial charge in [-0.1, -0.05) is 0 Å². The second kappa shape index (κ2) is 4.37. The molecule has 0 fully saturated rings. The number of rotatable bonds is 2. The summed E-state index contributed by atoms with van der Waals surface area (Å²) >= 11 is 0. The van der Waals surface area contributed by atoms with Crippen LogP contribution in [0.5, 0.6) is 0 Å². The zero-order valence-corrected chi connectivity index (χ0v) is 8.77. The van der Waals surface area contributed by atoms with Crippen molar-refractivity contribution in [1.82, 2.24) is 10.2 Å². The highest BCUT2D eigenvalue weighted by Crippen LogP contribution is 2.19. The number of anilines is 2. The molecule has 0 unspecified atom stereocenters. The number of H-pyrrole nitrogens is 1. The molecule has 0 aliphatic heterocycles. The van der Waals surface area contributed by atoms with Crippen molar-refractivity contribution in [3.05, 3.63) is 41.7 Å². The van der Waals surface area contributed by atoms with Crippen LogP contribution in [0.3, 0.4) is 0 Å². The molecule has 0 saturated heterocycles. The van der Waals surface area contributed by atoms with Crippen molar-refractivity contribution < 1.29 is 4.79 Å². The average molecular weight is 227 g/mol. The molecule has 0 aliphatic rings. The van der Waals surface area contributed by atoms with Crippen LogP contribution in [-0.4, -0.2) is 16.1 Å². The quantitative estimate of drug-likeness (QED) is 0.668. The van der Waals surface area contributed by atoms with E-state index in [0.717, 1.165) is 0 Å². The number of carbonyl (C=O) groups is 1. The van der Waals surface area contributed by atoms with Gasteiger partial charge in [-0.3, -0.25) is 9.89 Å². The SMILES string of the molecule is N#Cc1ccc(NC(=O)c2ccn[nH]2)c(N)c1. The van der Waals surface area contributed by atoms with Crippen molar-refractivity contribution >= 4 is 17.3 Å². The first-order chi connectivity index (χ1) is 8.20. The summed E-state index contributed by atoms with van der Waals surface area (Å²) in [6.45, 7) is 0. The van der Waals surface area contributed by atoms with Crippen LogP contribution in [0.2, 0.25) is 0 Å². The lowest BCUT2D eigenvalue weighted by molar-refractivity contribution is 0.102. The summed E-state index contributed by atoms with van der Waals surface area (Å²) in [5.74, 6) is -0.334. The Morgan fingerprint density at radius 1 is 1.47 bits per heavy atom. The number of amides is 1. The fourth-order valence-electron chi connectivity index (χ4n) is 1.32. The van der Waals surface area contributed by atoms with Crippen LogP contribution in [0.25, 0.3) is 0 Å². The lowest BCUT2D eigenvalue weighted by Crippen LogP contribution is -2.13. The Labute approximate surface area is 97.1 Å². The molecule has 6 heteroatoms. The van der Waals surface area contributed by atoms with E-state index in [9.17, 15) is 4.79 Å². The fraction of sp³-hybridized carbons (Fsp3) is 0. The van der Waals surface area contributed by atoms with Crippen LogP contribution in [-0.2, 0) is 0 Å². The Balaban J connectivity index is 2.20. The van der Waals surface area contributed by atoms with Gasteiger partial charge in [0.15, 0.2) is 0 Å².